The average molecular weight is 275 g/mol. The molecular formula is C13H17N5O2. The molecule has 0 aliphatic rings. The summed E-state index contributed by atoms with van der Waals surface area (Å²) in [6.07, 6.45) is 2.42. The van der Waals surface area contributed by atoms with Crippen molar-refractivity contribution in [1.82, 2.24) is 25.1 Å². The second kappa shape index (κ2) is 5.68. The van der Waals surface area contributed by atoms with Crippen molar-refractivity contribution in [3.63, 3.8) is 0 Å². The number of aromatic nitrogens is 4. The molecule has 0 bridgehead atoms. The first-order valence-corrected chi connectivity index (χ1v) is 6.38. The minimum absolute atomic E-state index is 0.203. The standard InChI is InChI=1S/C13H17N5O2/c1-4-9(12-14-7-8(2)15-12)16-13(20)10-5-6-11(19)18(3)17-10/h5-7,9H,4H2,1-3H3,(H,14,15)(H,16,20)/t9-/m0/s1. The summed E-state index contributed by atoms with van der Waals surface area (Å²) in [6.45, 7) is 3.86. The van der Waals surface area contributed by atoms with Crippen LogP contribution in [-0.2, 0) is 7.05 Å². The van der Waals surface area contributed by atoms with E-state index in [9.17, 15) is 9.59 Å². The largest absolute Gasteiger partial charge is 0.344 e. The van der Waals surface area contributed by atoms with Gasteiger partial charge in [-0.3, -0.25) is 9.59 Å². The molecule has 2 aromatic rings. The second-order valence-corrected chi connectivity index (χ2v) is 4.57. The normalized spacial score (nSPS) is 12.2. The minimum Gasteiger partial charge on any atom is -0.344 e. The predicted octanol–water partition coefficient (Wildman–Crippen LogP) is 0.693. The number of imidazole rings is 1. The van der Waals surface area contributed by atoms with Crippen LogP contribution in [-0.4, -0.2) is 25.7 Å². The van der Waals surface area contributed by atoms with Crippen LogP contribution in [0.2, 0.25) is 0 Å². The average Bonchev–Trinajstić information content (AvgIpc) is 2.85. The fourth-order valence-electron chi connectivity index (χ4n) is 1.83. The molecule has 7 heteroatoms. The summed E-state index contributed by atoms with van der Waals surface area (Å²) in [5, 5.41) is 6.77. The van der Waals surface area contributed by atoms with E-state index >= 15 is 0 Å². The van der Waals surface area contributed by atoms with Gasteiger partial charge in [-0.05, 0) is 19.4 Å². The maximum absolute atomic E-state index is 12.1. The number of rotatable bonds is 4. The molecule has 2 N–H and O–H groups in total. The van der Waals surface area contributed by atoms with Gasteiger partial charge in [-0.15, -0.1) is 0 Å². The fourth-order valence-corrected chi connectivity index (χ4v) is 1.83. The van der Waals surface area contributed by atoms with E-state index in [2.05, 4.69) is 20.4 Å². The number of carbonyl (C=O) groups excluding carboxylic acids is 1. The maximum atomic E-state index is 12.1. The monoisotopic (exact) mass is 275 g/mol. The van der Waals surface area contributed by atoms with Crippen LogP contribution in [0.4, 0.5) is 0 Å². The highest BCUT2D eigenvalue weighted by molar-refractivity contribution is 5.92. The van der Waals surface area contributed by atoms with Crippen molar-refractivity contribution in [2.24, 2.45) is 7.05 Å². The molecular weight excluding hydrogens is 258 g/mol. The van der Waals surface area contributed by atoms with Crippen LogP contribution in [0.5, 0.6) is 0 Å². The molecule has 106 valence electrons. The number of carbonyl (C=O) groups is 1. The molecule has 0 fully saturated rings. The van der Waals surface area contributed by atoms with Crippen molar-refractivity contribution in [3.05, 3.63) is 45.9 Å². The summed E-state index contributed by atoms with van der Waals surface area (Å²) in [5.74, 6) is 0.379. The van der Waals surface area contributed by atoms with Gasteiger partial charge in [0.15, 0.2) is 0 Å². The number of H-pyrrole nitrogens is 1. The van der Waals surface area contributed by atoms with E-state index in [4.69, 9.17) is 0 Å². The minimum atomic E-state index is -0.332. The van der Waals surface area contributed by atoms with Crippen LogP contribution >= 0.6 is 0 Å². The highest BCUT2D eigenvalue weighted by atomic mass is 16.2. The first-order chi connectivity index (χ1) is 9.51. The zero-order valence-corrected chi connectivity index (χ0v) is 11.7. The van der Waals surface area contributed by atoms with E-state index in [1.165, 1.54) is 19.2 Å². The third kappa shape index (κ3) is 2.93. The maximum Gasteiger partial charge on any atom is 0.272 e. The molecule has 0 aliphatic carbocycles. The molecule has 1 atom stereocenters. The van der Waals surface area contributed by atoms with Crippen molar-refractivity contribution >= 4 is 5.91 Å². The molecule has 20 heavy (non-hydrogen) atoms. The summed E-state index contributed by atoms with van der Waals surface area (Å²) >= 11 is 0. The Labute approximate surface area is 116 Å². The third-order valence-electron chi connectivity index (χ3n) is 2.96. The predicted molar refractivity (Wildman–Crippen MR) is 73.3 cm³/mol. The lowest BCUT2D eigenvalue weighted by atomic mass is 10.2. The Balaban J connectivity index is 2.16. The van der Waals surface area contributed by atoms with Gasteiger partial charge in [0, 0.05) is 25.0 Å². The number of aromatic amines is 1. The Morgan fingerprint density at radius 3 is 2.80 bits per heavy atom. The van der Waals surface area contributed by atoms with Crippen molar-refractivity contribution in [3.8, 4) is 0 Å². The van der Waals surface area contributed by atoms with E-state index in [0.29, 0.717) is 12.2 Å². The van der Waals surface area contributed by atoms with Crippen LogP contribution < -0.4 is 10.9 Å². The van der Waals surface area contributed by atoms with Crippen molar-refractivity contribution in [2.75, 3.05) is 0 Å². The molecule has 0 unspecified atom stereocenters. The van der Waals surface area contributed by atoms with Crippen molar-refractivity contribution in [2.45, 2.75) is 26.3 Å². The molecule has 0 saturated heterocycles. The number of nitrogens with one attached hydrogen (secondary N) is 2. The summed E-state index contributed by atoms with van der Waals surface area (Å²) in [5.41, 5.74) is 0.886. The van der Waals surface area contributed by atoms with Gasteiger partial charge in [0.05, 0.1) is 6.04 Å². The number of nitrogens with zero attached hydrogens (tertiary/aromatic N) is 3. The van der Waals surface area contributed by atoms with Crippen LogP contribution in [0, 0.1) is 6.92 Å². The summed E-state index contributed by atoms with van der Waals surface area (Å²) < 4.78 is 1.13. The van der Waals surface area contributed by atoms with E-state index in [1.54, 1.807) is 6.20 Å². The zero-order chi connectivity index (χ0) is 14.7. The lowest BCUT2D eigenvalue weighted by Gasteiger charge is -2.14. The van der Waals surface area contributed by atoms with E-state index in [1.807, 2.05) is 13.8 Å². The molecule has 2 heterocycles. The van der Waals surface area contributed by atoms with Gasteiger partial charge in [-0.25, -0.2) is 9.67 Å². The number of aryl methyl sites for hydroxylation is 2. The van der Waals surface area contributed by atoms with Gasteiger partial charge in [-0.2, -0.15) is 5.10 Å². The molecule has 0 aromatic carbocycles. The Bertz CT molecular complexity index is 673. The molecule has 2 rings (SSSR count). The molecule has 7 nitrogen and oxygen atoms in total. The number of hydrogen-bond acceptors (Lipinski definition) is 4. The summed E-state index contributed by atoms with van der Waals surface area (Å²) in [7, 11) is 1.51. The Hall–Kier alpha value is -2.44. The van der Waals surface area contributed by atoms with E-state index in [-0.39, 0.29) is 23.2 Å². The SMILES string of the molecule is CC[C@H](NC(=O)c1ccc(=O)n(C)n1)c1ncc(C)[nH]1. The topological polar surface area (TPSA) is 92.7 Å². The van der Waals surface area contributed by atoms with Gasteiger partial charge in [0.1, 0.15) is 11.5 Å². The fraction of sp³-hybridized carbons (Fsp3) is 0.385. The Morgan fingerprint density at radius 2 is 2.25 bits per heavy atom. The molecule has 0 saturated carbocycles. The smallest absolute Gasteiger partial charge is 0.272 e. The van der Waals surface area contributed by atoms with Gasteiger partial charge >= 0.3 is 0 Å². The Morgan fingerprint density at radius 1 is 1.50 bits per heavy atom. The first kappa shape index (κ1) is 14.0. The van der Waals surface area contributed by atoms with Crippen LogP contribution in [0.15, 0.2) is 23.1 Å². The summed E-state index contributed by atoms with van der Waals surface area (Å²) in [4.78, 5) is 30.7. The molecule has 0 aliphatic heterocycles. The van der Waals surface area contributed by atoms with Crippen molar-refractivity contribution < 1.29 is 4.79 Å². The van der Waals surface area contributed by atoms with Gasteiger partial charge in [-0.1, -0.05) is 6.92 Å². The van der Waals surface area contributed by atoms with Crippen LogP contribution in [0.25, 0.3) is 0 Å². The lowest BCUT2D eigenvalue weighted by Crippen LogP contribution is -2.31. The number of hydrogen-bond donors (Lipinski definition) is 2. The van der Waals surface area contributed by atoms with Crippen molar-refractivity contribution in [1.29, 1.82) is 0 Å². The first-order valence-electron chi connectivity index (χ1n) is 6.38. The second-order valence-electron chi connectivity index (χ2n) is 4.57. The number of amides is 1. The Kier molecular flexibility index (Phi) is 3.97. The quantitative estimate of drug-likeness (QED) is 0.858. The van der Waals surface area contributed by atoms with Crippen LogP contribution in [0.1, 0.15) is 41.4 Å². The van der Waals surface area contributed by atoms with E-state index in [0.717, 1.165) is 10.4 Å². The highest BCUT2D eigenvalue weighted by Crippen LogP contribution is 2.13. The molecule has 0 spiro atoms. The molecule has 1 amide bonds. The third-order valence-corrected chi connectivity index (χ3v) is 2.96. The van der Waals surface area contributed by atoms with Gasteiger partial charge < -0.3 is 10.3 Å². The lowest BCUT2D eigenvalue weighted by molar-refractivity contribution is 0.0926. The zero-order valence-electron chi connectivity index (χ0n) is 11.7. The summed E-state index contributed by atoms with van der Waals surface area (Å²) in [6, 6.07) is 2.52. The van der Waals surface area contributed by atoms with Gasteiger partial charge in [0.2, 0.25) is 0 Å². The van der Waals surface area contributed by atoms with Gasteiger partial charge in [0.25, 0.3) is 11.5 Å². The molecule has 2 aromatic heterocycles. The highest BCUT2D eigenvalue weighted by Gasteiger charge is 2.17. The van der Waals surface area contributed by atoms with E-state index < -0.39 is 0 Å². The molecule has 0 radical (unpaired) electrons. The van der Waals surface area contributed by atoms with Crippen LogP contribution in [0.3, 0.4) is 0 Å².